The van der Waals surface area contributed by atoms with E-state index in [9.17, 15) is 5.11 Å². The van der Waals surface area contributed by atoms with Crippen LogP contribution >= 0.6 is 24.0 Å². The van der Waals surface area contributed by atoms with Gasteiger partial charge in [-0.15, -0.1) is 24.0 Å². The average Bonchev–Trinajstić information content (AvgIpc) is 3.04. The molecule has 23 heavy (non-hydrogen) atoms. The number of rotatable bonds is 7. The minimum atomic E-state index is -0.463. The third-order valence-corrected chi connectivity index (χ3v) is 3.14. The third-order valence-electron chi connectivity index (χ3n) is 3.14. The first-order valence-electron chi connectivity index (χ1n) is 7.54. The van der Waals surface area contributed by atoms with Gasteiger partial charge >= 0.3 is 0 Å². The Kier molecular flexibility index (Phi) is 9.39. The van der Waals surface area contributed by atoms with Crippen LogP contribution in [0, 0.1) is 0 Å². The zero-order valence-corrected chi connectivity index (χ0v) is 15.6. The lowest BCUT2D eigenvalue weighted by Crippen LogP contribution is -2.41. The zero-order valence-electron chi connectivity index (χ0n) is 13.2. The molecule has 0 saturated heterocycles. The van der Waals surface area contributed by atoms with E-state index in [4.69, 9.17) is 4.42 Å². The van der Waals surface area contributed by atoms with E-state index in [0.717, 1.165) is 17.9 Å². The second kappa shape index (κ2) is 11.1. The van der Waals surface area contributed by atoms with Crippen LogP contribution in [0.1, 0.15) is 18.2 Å². The van der Waals surface area contributed by atoms with Gasteiger partial charge in [-0.1, -0.05) is 30.3 Å². The molecule has 3 N–H and O–H groups in total. The predicted molar refractivity (Wildman–Crippen MR) is 103 cm³/mol. The molecule has 6 heteroatoms. The predicted octanol–water partition coefficient (Wildman–Crippen LogP) is 2.56. The Morgan fingerprint density at radius 3 is 2.61 bits per heavy atom. The van der Waals surface area contributed by atoms with Crippen molar-refractivity contribution >= 4 is 29.9 Å². The van der Waals surface area contributed by atoms with E-state index < -0.39 is 6.10 Å². The number of nitrogens with one attached hydrogen (secondary N) is 2. The van der Waals surface area contributed by atoms with Gasteiger partial charge in [0.1, 0.15) is 12.3 Å². The monoisotopic (exact) mass is 429 g/mol. The van der Waals surface area contributed by atoms with E-state index in [1.165, 1.54) is 0 Å². The van der Waals surface area contributed by atoms with E-state index in [1.54, 1.807) is 6.26 Å². The highest BCUT2D eigenvalue weighted by atomic mass is 127. The average molecular weight is 429 g/mol. The molecule has 1 aromatic carbocycles. The molecular weight excluding hydrogens is 405 g/mol. The normalized spacial score (nSPS) is 12.3. The van der Waals surface area contributed by atoms with E-state index in [-0.39, 0.29) is 24.0 Å². The van der Waals surface area contributed by atoms with Gasteiger partial charge in [-0.3, -0.25) is 0 Å². The lowest BCUT2D eigenvalue weighted by atomic mass is 10.1. The number of nitrogens with zero attached hydrogens (tertiary/aromatic N) is 1. The molecule has 0 aliphatic carbocycles. The molecule has 1 heterocycles. The second-order valence-electron chi connectivity index (χ2n) is 5.00. The number of aliphatic hydroxyl groups excluding tert-OH is 1. The minimum absolute atomic E-state index is 0. The highest BCUT2D eigenvalue weighted by Crippen LogP contribution is 2.03. The van der Waals surface area contributed by atoms with Crippen LogP contribution in [-0.2, 0) is 13.0 Å². The Balaban J connectivity index is 0.00000264. The Hall–Kier alpha value is -1.54. The Bertz CT molecular complexity index is 558. The summed E-state index contributed by atoms with van der Waals surface area (Å²) in [7, 11) is 0. The van der Waals surface area contributed by atoms with Gasteiger partial charge in [-0.05, 0) is 24.6 Å². The highest BCUT2D eigenvalue weighted by molar-refractivity contribution is 14.0. The van der Waals surface area contributed by atoms with Gasteiger partial charge in [0.2, 0.25) is 0 Å². The summed E-state index contributed by atoms with van der Waals surface area (Å²) in [6.07, 6.45) is 1.79. The number of guanidine groups is 1. The summed E-state index contributed by atoms with van der Waals surface area (Å²) in [5.74, 6) is 1.48. The number of hydrogen-bond donors (Lipinski definition) is 3. The third kappa shape index (κ3) is 7.51. The number of furan rings is 1. The van der Waals surface area contributed by atoms with E-state index >= 15 is 0 Å². The van der Waals surface area contributed by atoms with Crippen LogP contribution in [-0.4, -0.2) is 30.3 Å². The number of benzene rings is 1. The van der Waals surface area contributed by atoms with Gasteiger partial charge in [0, 0.05) is 19.5 Å². The Morgan fingerprint density at radius 1 is 1.17 bits per heavy atom. The van der Waals surface area contributed by atoms with Crippen molar-refractivity contribution in [2.45, 2.75) is 26.0 Å². The molecule has 1 atom stereocenters. The van der Waals surface area contributed by atoms with Crippen LogP contribution in [0.15, 0.2) is 58.1 Å². The number of halogens is 1. The largest absolute Gasteiger partial charge is 0.467 e. The molecule has 1 aromatic heterocycles. The maximum Gasteiger partial charge on any atom is 0.191 e. The molecule has 0 amide bonds. The molecule has 0 aliphatic rings. The Labute approximate surface area is 154 Å². The number of aliphatic hydroxyl groups is 1. The first kappa shape index (κ1) is 19.5. The van der Waals surface area contributed by atoms with Crippen molar-refractivity contribution in [2.75, 3.05) is 13.1 Å². The van der Waals surface area contributed by atoms with Crippen molar-refractivity contribution in [1.82, 2.24) is 10.6 Å². The van der Waals surface area contributed by atoms with E-state index in [0.29, 0.717) is 25.5 Å². The van der Waals surface area contributed by atoms with Crippen molar-refractivity contribution in [2.24, 2.45) is 4.99 Å². The molecule has 5 nitrogen and oxygen atoms in total. The molecule has 0 bridgehead atoms. The molecule has 1 unspecified atom stereocenters. The summed E-state index contributed by atoms with van der Waals surface area (Å²) in [5, 5.41) is 16.4. The summed E-state index contributed by atoms with van der Waals surface area (Å²) in [5.41, 5.74) is 1.12. The lowest BCUT2D eigenvalue weighted by Gasteiger charge is -2.15. The SMILES string of the molecule is CCNC(=NCc1ccco1)NCC(O)Cc1ccccc1.I. The van der Waals surface area contributed by atoms with Crippen LogP contribution in [0.25, 0.3) is 0 Å². The van der Waals surface area contributed by atoms with Gasteiger partial charge in [-0.2, -0.15) is 0 Å². The van der Waals surface area contributed by atoms with Gasteiger partial charge < -0.3 is 20.2 Å². The molecule has 2 aromatic rings. The van der Waals surface area contributed by atoms with Crippen molar-refractivity contribution in [3.05, 3.63) is 60.1 Å². The Morgan fingerprint density at radius 2 is 1.96 bits per heavy atom. The maximum atomic E-state index is 10.1. The molecule has 0 spiro atoms. The summed E-state index contributed by atoms with van der Waals surface area (Å²) in [4.78, 5) is 4.42. The van der Waals surface area contributed by atoms with Crippen molar-refractivity contribution in [3.63, 3.8) is 0 Å². The van der Waals surface area contributed by atoms with E-state index in [2.05, 4.69) is 15.6 Å². The van der Waals surface area contributed by atoms with Gasteiger partial charge in [0.05, 0.1) is 12.4 Å². The van der Waals surface area contributed by atoms with Gasteiger partial charge in [0.25, 0.3) is 0 Å². The molecule has 2 rings (SSSR count). The zero-order chi connectivity index (χ0) is 15.6. The topological polar surface area (TPSA) is 69.8 Å². The van der Waals surface area contributed by atoms with Crippen LogP contribution in [0.4, 0.5) is 0 Å². The molecule has 126 valence electrons. The highest BCUT2D eigenvalue weighted by Gasteiger charge is 2.07. The first-order chi connectivity index (χ1) is 10.8. The molecular formula is C17H24IN3O2. The van der Waals surface area contributed by atoms with Crippen LogP contribution < -0.4 is 10.6 Å². The number of aliphatic imine (C=N–C) groups is 1. The maximum absolute atomic E-state index is 10.1. The second-order valence-corrected chi connectivity index (χ2v) is 5.00. The fourth-order valence-electron chi connectivity index (χ4n) is 2.07. The summed E-state index contributed by atoms with van der Waals surface area (Å²) < 4.78 is 5.25. The quantitative estimate of drug-likeness (QED) is 0.360. The van der Waals surface area contributed by atoms with Crippen molar-refractivity contribution < 1.29 is 9.52 Å². The van der Waals surface area contributed by atoms with Crippen molar-refractivity contribution in [3.8, 4) is 0 Å². The van der Waals surface area contributed by atoms with Crippen molar-refractivity contribution in [1.29, 1.82) is 0 Å². The standard InChI is InChI=1S/C17H23N3O2.HI/c1-2-18-17(20-13-16-9-6-10-22-16)19-12-15(21)11-14-7-4-3-5-8-14;/h3-10,15,21H,2,11-13H2,1H3,(H2,18,19,20);1H. The summed E-state index contributed by atoms with van der Waals surface area (Å²) in [6, 6.07) is 13.7. The molecule has 0 fully saturated rings. The van der Waals surface area contributed by atoms with Crippen LogP contribution in [0.5, 0.6) is 0 Å². The molecule has 0 saturated carbocycles. The molecule has 0 radical (unpaired) electrons. The fraction of sp³-hybridized carbons (Fsp3) is 0.353. The van der Waals surface area contributed by atoms with Crippen LogP contribution in [0.3, 0.4) is 0 Å². The van der Waals surface area contributed by atoms with Crippen LogP contribution in [0.2, 0.25) is 0 Å². The summed E-state index contributed by atoms with van der Waals surface area (Å²) in [6.45, 7) is 3.68. The van der Waals surface area contributed by atoms with E-state index in [1.807, 2.05) is 49.4 Å². The summed E-state index contributed by atoms with van der Waals surface area (Å²) >= 11 is 0. The lowest BCUT2D eigenvalue weighted by molar-refractivity contribution is 0.177. The van der Waals surface area contributed by atoms with Gasteiger partial charge in [0.15, 0.2) is 5.96 Å². The minimum Gasteiger partial charge on any atom is -0.467 e. The fourth-order valence-corrected chi connectivity index (χ4v) is 2.07. The number of hydrogen-bond acceptors (Lipinski definition) is 3. The van der Waals surface area contributed by atoms with Gasteiger partial charge in [-0.25, -0.2) is 4.99 Å². The molecule has 0 aliphatic heterocycles. The smallest absolute Gasteiger partial charge is 0.191 e. The first-order valence-corrected chi connectivity index (χ1v) is 7.54.